The van der Waals surface area contributed by atoms with Crippen molar-refractivity contribution in [3.8, 4) is 0 Å². The molecule has 0 atom stereocenters. The van der Waals surface area contributed by atoms with Gasteiger partial charge in [0.25, 0.3) is 5.91 Å². The Labute approximate surface area is 151 Å². The van der Waals surface area contributed by atoms with Crippen LogP contribution in [0.4, 0.5) is 5.69 Å². The molecule has 1 aromatic carbocycles. The maximum absolute atomic E-state index is 12.4. The second kappa shape index (κ2) is 10.7. The molecule has 23 heavy (non-hydrogen) atoms. The van der Waals surface area contributed by atoms with Gasteiger partial charge in [0.1, 0.15) is 0 Å². The standard InChI is InChI=1S/C16H25N3O2.2ClH/c1-13(2)21-12-11-18-7-9-19(10-8-18)16(20)14-5-3-4-6-15(14)17;;/h3-6,13H,7-12,17H2,1-2H3;2*1H. The number of ether oxygens (including phenoxy) is 1. The molecule has 0 aliphatic carbocycles. The first-order valence-electron chi connectivity index (χ1n) is 7.55. The molecule has 0 saturated carbocycles. The number of nitrogens with zero attached hydrogens (tertiary/aromatic N) is 2. The summed E-state index contributed by atoms with van der Waals surface area (Å²) in [5.41, 5.74) is 7.03. The lowest BCUT2D eigenvalue weighted by Gasteiger charge is -2.35. The molecule has 0 bridgehead atoms. The van der Waals surface area contributed by atoms with Gasteiger partial charge in [-0.3, -0.25) is 9.69 Å². The first-order valence-corrected chi connectivity index (χ1v) is 7.55. The number of benzene rings is 1. The van der Waals surface area contributed by atoms with Crippen LogP contribution in [-0.4, -0.2) is 61.1 Å². The van der Waals surface area contributed by atoms with E-state index in [-0.39, 0.29) is 36.8 Å². The van der Waals surface area contributed by atoms with Crippen molar-refractivity contribution in [2.75, 3.05) is 45.1 Å². The molecule has 1 heterocycles. The number of hydrogen-bond acceptors (Lipinski definition) is 4. The van der Waals surface area contributed by atoms with E-state index in [2.05, 4.69) is 4.90 Å². The van der Waals surface area contributed by atoms with Crippen LogP contribution in [0.1, 0.15) is 24.2 Å². The Morgan fingerprint density at radius 2 is 1.78 bits per heavy atom. The number of carbonyl (C=O) groups excluding carboxylic acids is 1. The molecule has 1 fully saturated rings. The Balaban J connectivity index is 0.00000242. The molecule has 1 saturated heterocycles. The van der Waals surface area contributed by atoms with E-state index in [4.69, 9.17) is 10.5 Å². The molecule has 1 aromatic rings. The number of nitrogens with two attached hydrogens (primary N) is 1. The summed E-state index contributed by atoms with van der Waals surface area (Å²) in [7, 11) is 0. The van der Waals surface area contributed by atoms with Crippen LogP contribution in [0.5, 0.6) is 0 Å². The van der Waals surface area contributed by atoms with Crippen LogP contribution in [0, 0.1) is 0 Å². The lowest BCUT2D eigenvalue weighted by atomic mass is 10.1. The van der Waals surface area contributed by atoms with Crippen LogP contribution in [0.2, 0.25) is 0 Å². The third kappa shape index (κ3) is 6.55. The summed E-state index contributed by atoms with van der Waals surface area (Å²) in [6.45, 7) is 9.02. The minimum absolute atomic E-state index is 0. The van der Waals surface area contributed by atoms with Gasteiger partial charge >= 0.3 is 0 Å². The van der Waals surface area contributed by atoms with Crippen LogP contribution in [0.15, 0.2) is 24.3 Å². The second-order valence-electron chi connectivity index (χ2n) is 5.64. The van der Waals surface area contributed by atoms with Gasteiger partial charge in [0.15, 0.2) is 0 Å². The van der Waals surface area contributed by atoms with E-state index < -0.39 is 0 Å². The van der Waals surface area contributed by atoms with Crippen molar-refractivity contribution in [1.29, 1.82) is 0 Å². The van der Waals surface area contributed by atoms with Crippen molar-refractivity contribution in [1.82, 2.24) is 9.80 Å². The monoisotopic (exact) mass is 363 g/mol. The zero-order valence-electron chi connectivity index (χ0n) is 13.7. The van der Waals surface area contributed by atoms with Gasteiger partial charge in [-0.05, 0) is 26.0 Å². The van der Waals surface area contributed by atoms with E-state index in [1.54, 1.807) is 12.1 Å². The summed E-state index contributed by atoms with van der Waals surface area (Å²) < 4.78 is 5.57. The summed E-state index contributed by atoms with van der Waals surface area (Å²) in [5, 5.41) is 0. The fourth-order valence-corrected chi connectivity index (χ4v) is 2.45. The highest BCUT2D eigenvalue weighted by Crippen LogP contribution is 2.15. The predicted octanol–water partition coefficient (Wildman–Crippen LogP) is 2.30. The van der Waals surface area contributed by atoms with Gasteiger partial charge in [0.05, 0.1) is 18.3 Å². The number of para-hydroxylation sites is 1. The first kappa shape index (κ1) is 22.0. The molecular formula is C16H27Cl2N3O2. The molecule has 2 N–H and O–H groups in total. The highest BCUT2D eigenvalue weighted by atomic mass is 35.5. The van der Waals surface area contributed by atoms with Crippen molar-refractivity contribution >= 4 is 36.4 Å². The van der Waals surface area contributed by atoms with Gasteiger partial charge in [-0.25, -0.2) is 0 Å². The van der Waals surface area contributed by atoms with Crippen molar-refractivity contribution < 1.29 is 9.53 Å². The number of anilines is 1. The van der Waals surface area contributed by atoms with Gasteiger partial charge < -0.3 is 15.4 Å². The van der Waals surface area contributed by atoms with Crippen molar-refractivity contribution in [2.45, 2.75) is 20.0 Å². The Kier molecular flexibility index (Phi) is 10.2. The molecule has 1 aliphatic rings. The average molecular weight is 364 g/mol. The third-order valence-corrected chi connectivity index (χ3v) is 3.71. The van der Waals surface area contributed by atoms with Crippen molar-refractivity contribution in [3.05, 3.63) is 29.8 Å². The zero-order chi connectivity index (χ0) is 15.2. The molecule has 0 spiro atoms. The lowest BCUT2D eigenvalue weighted by Crippen LogP contribution is -2.49. The SMILES string of the molecule is CC(C)OCCN1CCN(C(=O)c2ccccc2N)CC1.Cl.Cl. The Morgan fingerprint density at radius 3 is 2.35 bits per heavy atom. The topological polar surface area (TPSA) is 58.8 Å². The molecule has 132 valence electrons. The van der Waals surface area contributed by atoms with E-state index >= 15 is 0 Å². The fourth-order valence-electron chi connectivity index (χ4n) is 2.45. The number of amides is 1. The van der Waals surface area contributed by atoms with Gasteiger partial charge in [-0.1, -0.05) is 12.1 Å². The second-order valence-corrected chi connectivity index (χ2v) is 5.64. The van der Waals surface area contributed by atoms with Crippen LogP contribution in [-0.2, 0) is 4.74 Å². The number of piperazine rings is 1. The minimum Gasteiger partial charge on any atom is -0.398 e. The molecular weight excluding hydrogens is 337 g/mol. The van der Waals surface area contributed by atoms with Crippen molar-refractivity contribution in [3.63, 3.8) is 0 Å². The van der Waals surface area contributed by atoms with E-state index in [0.717, 1.165) is 39.3 Å². The molecule has 0 radical (unpaired) electrons. The number of hydrogen-bond donors (Lipinski definition) is 1. The van der Waals surface area contributed by atoms with Crippen LogP contribution >= 0.6 is 24.8 Å². The number of carbonyl (C=O) groups is 1. The zero-order valence-corrected chi connectivity index (χ0v) is 15.4. The maximum atomic E-state index is 12.4. The third-order valence-electron chi connectivity index (χ3n) is 3.71. The average Bonchev–Trinajstić information content (AvgIpc) is 2.47. The molecule has 1 amide bonds. The summed E-state index contributed by atoms with van der Waals surface area (Å²) in [6.07, 6.45) is 0.272. The highest BCUT2D eigenvalue weighted by Gasteiger charge is 2.22. The van der Waals surface area contributed by atoms with Gasteiger partial charge in [0.2, 0.25) is 0 Å². The van der Waals surface area contributed by atoms with E-state index in [1.165, 1.54) is 0 Å². The summed E-state index contributed by atoms with van der Waals surface area (Å²) >= 11 is 0. The summed E-state index contributed by atoms with van der Waals surface area (Å²) in [4.78, 5) is 16.6. The normalized spacial score (nSPS) is 15.0. The van der Waals surface area contributed by atoms with Gasteiger partial charge in [0, 0.05) is 38.4 Å². The van der Waals surface area contributed by atoms with E-state index in [0.29, 0.717) is 11.3 Å². The molecule has 2 rings (SSSR count). The van der Waals surface area contributed by atoms with Gasteiger partial charge in [-0.2, -0.15) is 0 Å². The number of halogens is 2. The van der Waals surface area contributed by atoms with Crippen LogP contribution in [0.3, 0.4) is 0 Å². The Hall–Kier alpha value is -1.01. The molecule has 7 heteroatoms. The van der Waals surface area contributed by atoms with Gasteiger partial charge in [-0.15, -0.1) is 24.8 Å². The summed E-state index contributed by atoms with van der Waals surface area (Å²) in [6, 6.07) is 7.26. The first-order chi connectivity index (χ1) is 10.1. The van der Waals surface area contributed by atoms with E-state index in [9.17, 15) is 4.79 Å². The minimum atomic E-state index is 0. The molecule has 0 aromatic heterocycles. The predicted molar refractivity (Wildman–Crippen MR) is 98.8 cm³/mol. The largest absolute Gasteiger partial charge is 0.398 e. The molecule has 0 unspecified atom stereocenters. The highest BCUT2D eigenvalue weighted by molar-refractivity contribution is 5.99. The van der Waals surface area contributed by atoms with Crippen LogP contribution < -0.4 is 5.73 Å². The van der Waals surface area contributed by atoms with Crippen LogP contribution in [0.25, 0.3) is 0 Å². The summed E-state index contributed by atoms with van der Waals surface area (Å²) in [5.74, 6) is 0.0335. The lowest BCUT2D eigenvalue weighted by molar-refractivity contribution is 0.0407. The molecule has 1 aliphatic heterocycles. The molecule has 5 nitrogen and oxygen atoms in total. The Morgan fingerprint density at radius 1 is 1.17 bits per heavy atom. The number of rotatable bonds is 5. The van der Waals surface area contributed by atoms with Crippen molar-refractivity contribution in [2.24, 2.45) is 0 Å². The number of nitrogen functional groups attached to an aromatic ring is 1. The Bertz CT molecular complexity index is 478. The maximum Gasteiger partial charge on any atom is 0.256 e. The fraction of sp³-hybridized carbons (Fsp3) is 0.562. The quantitative estimate of drug-likeness (QED) is 0.815. The smallest absolute Gasteiger partial charge is 0.256 e. The van der Waals surface area contributed by atoms with E-state index in [1.807, 2.05) is 30.9 Å².